The second-order valence-electron chi connectivity index (χ2n) is 5.96. The van der Waals surface area contributed by atoms with Crippen molar-refractivity contribution in [2.75, 3.05) is 13.1 Å². The third-order valence-electron chi connectivity index (χ3n) is 4.67. The van der Waals surface area contributed by atoms with Gasteiger partial charge in [0.15, 0.2) is 5.65 Å². The predicted octanol–water partition coefficient (Wildman–Crippen LogP) is 2.39. The highest BCUT2D eigenvalue weighted by atomic mass is 16.1. The fraction of sp³-hybridized carbons (Fsp3) is 0.625. The smallest absolute Gasteiger partial charge is 0.272 e. The van der Waals surface area contributed by atoms with E-state index in [9.17, 15) is 4.79 Å². The molecule has 2 aromatic heterocycles. The molecule has 0 atom stereocenters. The molecule has 5 nitrogen and oxygen atoms in total. The van der Waals surface area contributed by atoms with E-state index in [1.165, 1.54) is 0 Å². The Morgan fingerprint density at radius 2 is 2.00 bits per heavy atom. The Bertz CT molecular complexity index is 662. The van der Waals surface area contributed by atoms with Gasteiger partial charge in [-0.25, -0.2) is 9.50 Å². The standard InChI is InChI=1S/C16H24N4O/c1-3-11(4-2)14-9-15-18-13(10-16(21)20(15)19-14)12-5-7-17-8-6-12/h9-12,17,19H,3-8H2,1-2H3. The zero-order chi connectivity index (χ0) is 14.8. The molecule has 21 heavy (non-hydrogen) atoms. The van der Waals surface area contributed by atoms with Gasteiger partial charge < -0.3 is 5.32 Å². The molecule has 1 aliphatic rings. The first-order valence-electron chi connectivity index (χ1n) is 8.06. The molecule has 0 amide bonds. The van der Waals surface area contributed by atoms with Crippen LogP contribution in [0.1, 0.15) is 62.8 Å². The molecule has 2 N–H and O–H groups in total. The van der Waals surface area contributed by atoms with Crippen LogP contribution < -0.4 is 10.9 Å². The van der Waals surface area contributed by atoms with E-state index < -0.39 is 0 Å². The van der Waals surface area contributed by atoms with Crippen molar-refractivity contribution < 1.29 is 0 Å². The van der Waals surface area contributed by atoms with Crippen molar-refractivity contribution in [2.45, 2.75) is 51.4 Å². The van der Waals surface area contributed by atoms with E-state index in [4.69, 9.17) is 4.98 Å². The Hall–Kier alpha value is -1.62. The van der Waals surface area contributed by atoms with E-state index in [0.717, 1.165) is 55.8 Å². The van der Waals surface area contributed by atoms with Crippen LogP contribution in [-0.4, -0.2) is 27.7 Å². The molecule has 0 radical (unpaired) electrons. The molecule has 114 valence electrons. The lowest BCUT2D eigenvalue weighted by atomic mass is 9.94. The number of hydrogen-bond donors (Lipinski definition) is 2. The van der Waals surface area contributed by atoms with Crippen molar-refractivity contribution in [3.8, 4) is 0 Å². The molecule has 0 aliphatic carbocycles. The molecule has 1 fully saturated rings. The van der Waals surface area contributed by atoms with Gasteiger partial charge in [0.2, 0.25) is 0 Å². The highest BCUT2D eigenvalue weighted by Gasteiger charge is 2.19. The molecule has 2 aromatic rings. The van der Waals surface area contributed by atoms with Gasteiger partial charge in [-0.15, -0.1) is 0 Å². The van der Waals surface area contributed by atoms with Gasteiger partial charge in [-0.05, 0) is 38.8 Å². The molecule has 3 rings (SSSR count). The first kappa shape index (κ1) is 14.3. The van der Waals surface area contributed by atoms with Crippen LogP contribution in [0.5, 0.6) is 0 Å². The lowest BCUT2D eigenvalue weighted by Gasteiger charge is -2.21. The van der Waals surface area contributed by atoms with E-state index in [1.807, 2.05) is 6.07 Å². The van der Waals surface area contributed by atoms with Gasteiger partial charge in [-0.1, -0.05) is 13.8 Å². The fourth-order valence-corrected chi connectivity index (χ4v) is 3.29. The Balaban J connectivity index is 2.00. The van der Waals surface area contributed by atoms with E-state index >= 15 is 0 Å². The minimum Gasteiger partial charge on any atom is -0.317 e. The largest absolute Gasteiger partial charge is 0.317 e. The van der Waals surface area contributed by atoms with E-state index in [2.05, 4.69) is 24.3 Å². The summed E-state index contributed by atoms with van der Waals surface area (Å²) in [7, 11) is 0. The Kier molecular flexibility index (Phi) is 4.10. The van der Waals surface area contributed by atoms with Crippen LogP contribution in [0.3, 0.4) is 0 Å². The number of nitrogens with zero attached hydrogens (tertiary/aromatic N) is 2. The number of H-pyrrole nitrogens is 1. The zero-order valence-corrected chi connectivity index (χ0v) is 12.9. The number of aromatic nitrogens is 3. The second kappa shape index (κ2) is 6.02. The van der Waals surface area contributed by atoms with Gasteiger partial charge in [0.05, 0.1) is 5.69 Å². The molecule has 1 aliphatic heterocycles. The van der Waals surface area contributed by atoms with Crippen molar-refractivity contribution in [1.82, 2.24) is 19.9 Å². The second-order valence-corrected chi connectivity index (χ2v) is 5.96. The molecule has 0 aromatic carbocycles. The molecule has 0 bridgehead atoms. The highest BCUT2D eigenvalue weighted by Crippen LogP contribution is 2.25. The Labute approximate surface area is 124 Å². The van der Waals surface area contributed by atoms with Crippen molar-refractivity contribution in [3.63, 3.8) is 0 Å². The number of fused-ring (bicyclic) bond motifs is 1. The maximum absolute atomic E-state index is 12.3. The number of hydrogen-bond acceptors (Lipinski definition) is 3. The van der Waals surface area contributed by atoms with Gasteiger partial charge in [-0.2, -0.15) is 0 Å². The Morgan fingerprint density at radius 3 is 2.67 bits per heavy atom. The third-order valence-corrected chi connectivity index (χ3v) is 4.67. The van der Waals surface area contributed by atoms with Crippen molar-refractivity contribution in [1.29, 1.82) is 0 Å². The van der Waals surface area contributed by atoms with Crippen LogP contribution >= 0.6 is 0 Å². The monoisotopic (exact) mass is 288 g/mol. The van der Waals surface area contributed by atoms with E-state index in [1.54, 1.807) is 10.6 Å². The summed E-state index contributed by atoms with van der Waals surface area (Å²) in [6, 6.07) is 3.75. The fourth-order valence-electron chi connectivity index (χ4n) is 3.29. The van der Waals surface area contributed by atoms with Gasteiger partial charge in [-0.3, -0.25) is 9.89 Å². The highest BCUT2D eigenvalue weighted by molar-refractivity contribution is 5.41. The summed E-state index contributed by atoms with van der Waals surface area (Å²) in [6.45, 7) is 6.38. The summed E-state index contributed by atoms with van der Waals surface area (Å²) < 4.78 is 1.58. The lowest BCUT2D eigenvalue weighted by Crippen LogP contribution is -2.28. The maximum Gasteiger partial charge on any atom is 0.272 e. The topological polar surface area (TPSA) is 62.2 Å². The minimum absolute atomic E-state index is 0.00531. The minimum atomic E-state index is 0.00531. The maximum atomic E-state index is 12.3. The van der Waals surface area contributed by atoms with Gasteiger partial charge in [0, 0.05) is 29.7 Å². The molecule has 0 saturated carbocycles. The first-order valence-corrected chi connectivity index (χ1v) is 8.06. The lowest BCUT2D eigenvalue weighted by molar-refractivity contribution is 0.453. The summed E-state index contributed by atoms with van der Waals surface area (Å²) in [4.78, 5) is 17.1. The number of piperidine rings is 1. The predicted molar refractivity (Wildman–Crippen MR) is 84.0 cm³/mol. The summed E-state index contributed by atoms with van der Waals surface area (Å²) in [5.41, 5.74) is 2.84. The van der Waals surface area contributed by atoms with Crippen LogP contribution in [0.2, 0.25) is 0 Å². The molecule has 3 heterocycles. The Morgan fingerprint density at radius 1 is 1.29 bits per heavy atom. The average Bonchev–Trinajstić information content (AvgIpc) is 2.94. The van der Waals surface area contributed by atoms with E-state index in [-0.39, 0.29) is 5.56 Å². The third kappa shape index (κ3) is 2.75. The zero-order valence-electron chi connectivity index (χ0n) is 12.9. The summed E-state index contributed by atoms with van der Waals surface area (Å²) in [6.07, 6.45) is 4.26. The quantitative estimate of drug-likeness (QED) is 0.908. The molecule has 1 saturated heterocycles. The van der Waals surface area contributed by atoms with Crippen LogP contribution in [0.4, 0.5) is 0 Å². The van der Waals surface area contributed by atoms with Gasteiger partial charge in [0.25, 0.3) is 5.56 Å². The molecular weight excluding hydrogens is 264 g/mol. The SMILES string of the molecule is CCC(CC)c1cc2nc(C3CCNCC3)cc(=O)n2[nH]1. The molecule has 0 spiro atoms. The molecule has 5 heteroatoms. The number of nitrogens with one attached hydrogen (secondary N) is 2. The van der Waals surface area contributed by atoms with Crippen LogP contribution in [0.25, 0.3) is 5.65 Å². The van der Waals surface area contributed by atoms with Crippen molar-refractivity contribution >= 4 is 5.65 Å². The molecule has 0 unspecified atom stereocenters. The normalized spacial score (nSPS) is 16.9. The van der Waals surface area contributed by atoms with Crippen molar-refractivity contribution in [2.24, 2.45) is 0 Å². The van der Waals surface area contributed by atoms with E-state index in [0.29, 0.717) is 11.8 Å². The van der Waals surface area contributed by atoms with Crippen LogP contribution in [-0.2, 0) is 0 Å². The van der Waals surface area contributed by atoms with Crippen molar-refractivity contribution in [3.05, 3.63) is 33.9 Å². The first-order chi connectivity index (χ1) is 10.2. The number of aromatic amines is 1. The summed E-state index contributed by atoms with van der Waals surface area (Å²) in [5.74, 6) is 0.879. The molecular formula is C16H24N4O. The van der Waals surface area contributed by atoms with Crippen LogP contribution in [0, 0.1) is 0 Å². The van der Waals surface area contributed by atoms with Gasteiger partial charge >= 0.3 is 0 Å². The summed E-state index contributed by atoms with van der Waals surface area (Å²) >= 11 is 0. The van der Waals surface area contributed by atoms with Crippen LogP contribution in [0.15, 0.2) is 16.9 Å². The number of rotatable bonds is 4. The van der Waals surface area contributed by atoms with Gasteiger partial charge in [0.1, 0.15) is 0 Å². The average molecular weight is 288 g/mol. The summed E-state index contributed by atoms with van der Waals surface area (Å²) in [5, 5.41) is 6.58.